The molecule has 1 saturated carbocycles. The summed E-state index contributed by atoms with van der Waals surface area (Å²) in [6.07, 6.45) is 2.79. The van der Waals surface area contributed by atoms with Gasteiger partial charge in [0.05, 0.1) is 0 Å². The van der Waals surface area contributed by atoms with Crippen LogP contribution in [0.4, 0.5) is 5.69 Å². The van der Waals surface area contributed by atoms with E-state index >= 15 is 0 Å². The Morgan fingerprint density at radius 2 is 1.79 bits per heavy atom. The summed E-state index contributed by atoms with van der Waals surface area (Å²) >= 11 is 0. The van der Waals surface area contributed by atoms with Crippen LogP contribution in [-0.2, 0) is 16.1 Å². The molecule has 0 atom stereocenters. The Kier molecular flexibility index (Phi) is 7.03. The van der Waals surface area contributed by atoms with Gasteiger partial charge in [0.15, 0.2) is 6.61 Å². The van der Waals surface area contributed by atoms with Crippen molar-refractivity contribution in [2.75, 3.05) is 25.0 Å². The van der Waals surface area contributed by atoms with E-state index < -0.39 is 0 Å². The smallest absolute Gasteiger partial charge is 0.262 e. The van der Waals surface area contributed by atoms with Crippen LogP contribution in [0.2, 0.25) is 0 Å². The lowest BCUT2D eigenvalue weighted by Gasteiger charge is -2.23. The SMILES string of the molecule is NCCCN(Cc1ccc(NC(=O)COc2ccccc2)cc1)C(=O)C1CC1. The van der Waals surface area contributed by atoms with Gasteiger partial charge in [-0.05, 0) is 55.6 Å². The fourth-order valence-corrected chi connectivity index (χ4v) is 2.91. The number of anilines is 1. The van der Waals surface area contributed by atoms with Gasteiger partial charge in [-0.1, -0.05) is 30.3 Å². The summed E-state index contributed by atoms with van der Waals surface area (Å²) in [4.78, 5) is 26.4. The lowest BCUT2D eigenvalue weighted by atomic mass is 10.1. The maximum absolute atomic E-state index is 12.4. The molecule has 28 heavy (non-hydrogen) atoms. The van der Waals surface area contributed by atoms with Crippen molar-refractivity contribution < 1.29 is 14.3 Å². The number of nitrogens with one attached hydrogen (secondary N) is 1. The van der Waals surface area contributed by atoms with E-state index in [4.69, 9.17) is 10.5 Å². The van der Waals surface area contributed by atoms with Gasteiger partial charge in [0.1, 0.15) is 5.75 Å². The number of amides is 2. The number of nitrogens with zero attached hydrogens (tertiary/aromatic N) is 1. The van der Waals surface area contributed by atoms with Gasteiger partial charge in [-0.2, -0.15) is 0 Å². The predicted molar refractivity (Wildman–Crippen MR) is 109 cm³/mol. The zero-order valence-corrected chi connectivity index (χ0v) is 16.0. The van der Waals surface area contributed by atoms with Crippen LogP contribution >= 0.6 is 0 Å². The molecule has 1 aliphatic rings. The van der Waals surface area contributed by atoms with Gasteiger partial charge in [0, 0.05) is 24.7 Å². The van der Waals surface area contributed by atoms with Crippen molar-refractivity contribution in [3.8, 4) is 5.75 Å². The second-order valence-electron chi connectivity index (χ2n) is 7.02. The second kappa shape index (κ2) is 9.90. The van der Waals surface area contributed by atoms with Gasteiger partial charge in [-0.3, -0.25) is 9.59 Å². The molecule has 148 valence electrons. The van der Waals surface area contributed by atoms with Crippen molar-refractivity contribution in [3.05, 3.63) is 60.2 Å². The topological polar surface area (TPSA) is 84.7 Å². The average Bonchev–Trinajstić information content (AvgIpc) is 3.56. The molecule has 2 aromatic carbocycles. The molecule has 6 nitrogen and oxygen atoms in total. The Hall–Kier alpha value is -2.86. The molecule has 6 heteroatoms. The van der Waals surface area contributed by atoms with E-state index in [0.29, 0.717) is 31.1 Å². The van der Waals surface area contributed by atoms with E-state index in [9.17, 15) is 9.59 Å². The van der Waals surface area contributed by atoms with E-state index in [1.165, 1.54) is 0 Å². The maximum atomic E-state index is 12.4. The molecule has 1 aliphatic carbocycles. The second-order valence-corrected chi connectivity index (χ2v) is 7.02. The zero-order valence-electron chi connectivity index (χ0n) is 16.0. The number of ether oxygens (including phenoxy) is 1. The Morgan fingerprint density at radius 3 is 2.43 bits per heavy atom. The molecule has 2 aromatic rings. The number of rotatable bonds is 10. The van der Waals surface area contributed by atoms with Crippen molar-refractivity contribution >= 4 is 17.5 Å². The third-order valence-corrected chi connectivity index (χ3v) is 4.59. The van der Waals surface area contributed by atoms with Crippen molar-refractivity contribution in [1.29, 1.82) is 0 Å². The van der Waals surface area contributed by atoms with Crippen LogP contribution in [0.25, 0.3) is 0 Å². The molecule has 0 aromatic heterocycles. The fraction of sp³-hybridized carbons (Fsp3) is 0.364. The van der Waals surface area contributed by atoms with E-state index in [2.05, 4.69) is 5.32 Å². The average molecular weight is 381 g/mol. The minimum Gasteiger partial charge on any atom is -0.484 e. The molecule has 3 N–H and O–H groups in total. The minimum absolute atomic E-state index is 0.0471. The molecular weight excluding hydrogens is 354 g/mol. The molecule has 0 saturated heterocycles. The minimum atomic E-state index is -0.218. The number of nitrogens with two attached hydrogens (primary N) is 1. The number of para-hydroxylation sites is 1. The van der Waals surface area contributed by atoms with Crippen molar-refractivity contribution in [2.24, 2.45) is 11.7 Å². The number of hydrogen-bond donors (Lipinski definition) is 2. The van der Waals surface area contributed by atoms with E-state index in [1.54, 1.807) is 12.1 Å². The van der Waals surface area contributed by atoms with Crippen molar-refractivity contribution in [3.63, 3.8) is 0 Å². The highest BCUT2D eigenvalue weighted by Crippen LogP contribution is 2.31. The van der Waals surface area contributed by atoms with Crippen LogP contribution in [0.15, 0.2) is 54.6 Å². The van der Waals surface area contributed by atoms with Gasteiger partial charge in [-0.25, -0.2) is 0 Å². The largest absolute Gasteiger partial charge is 0.484 e. The number of carbonyl (C=O) groups is 2. The van der Waals surface area contributed by atoms with E-state index in [0.717, 1.165) is 24.8 Å². The van der Waals surface area contributed by atoms with Crippen LogP contribution in [-0.4, -0.2) is 36.4 Å². The van der Waals surface area contributed by atoms with Crippen LogP contribution in [0.5, 0.6) is 5.75 Å². The van der Waals surface area contributed by atoms with Gasteiger partial charge >= 0.3 is 0 Å². The number of hydrogen-bond acceptors (Lipinski definition) is 4. The van der Waals surface area contributed by atoms with Crippen LogP contribution < -0.4 is 15.8 Å². The summed E-state index contributed by atoms with van der Waals surface area (Å²) in [7, 11) is 0. The standard InChI is InChI=1S/C22H27N3O3/c23-13-4-14-25(22(27)18-9-10-18)15-17-7-11-19(12-8-17)24-21(26)16-28-20-5-2-1-3-6-20/h1-3,5-8,11-12,18H,4,9-10,13-16,23H2,(H,24,26). The van der Waals surface area contributed by atoms with Crippen molar-refractivity contribution in [1.82, 2.24) is 4.90 Å². The lowest BCUT2D eigenvalue weighted by molar-refractivity contribution is -0.133. The first-order valence-electron chi connectivity index (χ1n) is 9.71. The normalized spacial score (nSPS) is 13.0. The quantitative estimate of drug-likeness (QED) is 0.663. The summed E-state index contributed by atoms with van der Waals surface area (Å²) in [5.41, 5.74) is 7.33. The Balaban J connectivity index is 1.50. The molecule has 0 spiro atoms. The summed E-state index contributed by atoms with van der Waals surface area (Å²) in [6, 6.07) is 16.8. The van der Waals surface area contributed by atoms with Gasteiger partial charge < -0.3 is 20.7 Å². The molecule has 0 unspecified atom stereocenters. The summed E-state index contributed by atoms with van der Waals surface area (Å²) in [6.45, 7) is 1.78. The summed E-state index contributed by atoms with van der Waals surface area (Å²) < 4.78 is 5.44. The first-order chi connectivity index (χ1) is 13.7. The Labute approximate surface area is 165 Å². The van der Waals surface area contributed by atoms with E-state index in [-0.39, 0.29) is 24.3 Å². The highest BCUT2D eigenvalue weighted by atomic mass is 16.5. The summed E-state index contributed by atoms with van der Waals surface area (Å²) in [5, 5.41) is 2.82. The Morgan fingerprint density at radius 1 is 1.07 bits per heavy atom. The lowest BCUT2D eigenvalue weighted by Crippen LogP contribution is -2.33. The predicted octanol–water partition coefficient (Wildman–Crippen LogP) is 2.79. The maximum Gasteiger partial charge on any atom is 0.262 e. The third-order valence-electron chi connectivity index (χ3n) is 4.59. The third kappa shape index (κ3) is 6.09. The summed E-state index contributed by atoms with van der Waals surface area (Å²) in [5.74, 6) is 0.862. The van der Waals surface area contributed by atoms with Crippen LogP contribution in [0.3, 0.4) is 0 Å². The van der Waals surface area contributed by atoms with Crippen LogP contribution in [0, 0.1) is 5.92 Å². The van der Waals surface area contributed by atoms with Crippen LogP contribution in [0.1, 0.15) is 24.8 Å². The first kappa shape index (κ1) is 19.9. The zero-order chi connectivity index (χ0) is 19.8. The van der Waals surface area contributed by atoms with Gasteiger partial charge in [0.25, 0.3) is 5.91 Å². The highest BCUT2D eigenvalue weighted by Gasteiger charge is 2.33. The molecule has 0 bridgehead atoms. The van der Waals surface area contributed by atoms with Gasteiger partial charge in [0.2, 0.25) is 5.91 Å². The van der Waals surface area contributed by atoms with Crippen molar-refractivity contribution in [2.45, 2.75) is 25.8 Å². The Bertz CT molecular complexity index is 773. The number of benzene rings is 2. The molecule has 0 aliphatic heterocycles. The first-order valence-corrected chi connectivity index (χ1v) is 9.71. The number of carbonyl (C=O) groups excluding carboxylic acids is 2. The molecule has 3 rings (SSSR count). The van der Waals surface area contributed by atoms with Gasteiger partial charge in [-0.15, -0.1) is 0 Å². The van der Waals surface area contributed by atoms with E-state index in [1.807, 2.05) is 47.4 Å². The highest BCUT2D eigenvalue weighted by molar-refractivity contribution is 5.91. The molecular formula is C22H27N3O3. The molecule has 0 heterocycles. The molecule has 2 amide bonds. The monoisotopic (exact) mass is 381 g/mol. The fourth-order valence-electron chi connectivity index (χ4n) is 2.91. The molecule has 1 fully saturated rings. The molecule has 0 radical (unpaired) electrons.